The van der Waals surface area contributed by atoms with Gasteiger partial charge in [0.15, 0.2) is 0 Å². The van der Waals surface area contributed by atoms with Gasteiger partial charge in [-0.1, -0.05) is 20.8 Å². The van der Waals surface area contributed by atoms with Crippen LogP contribution in [-0.4, -0.2) is 19.7 Å². The molecule has 0 aromatic heterocycles. The summed E-state index contributed by atoms with van der Waals surface area (Å²) in [5.74, 6) is 0.834. The third-order valence-corrected chi connectivity index (χ3v) is 2.44. The minimum atomic E-state index is 0.160. The van der Waals surface area contributed by atoms with Gasteiger partial charge in [-0.2, -0.15) is 0 Å². The highest BCUT2D eigenvalue weighted by Gasteiger charge is 2.15. The van der Waals surface area contributed by atoms with Crippen LogP contribution in [0, 0.1) is 5.41 Å². The summed E-state index contributed by atoms with van der Waals surface area (Å²) in [5, 5.41) is 0. The van der Waals surface area contributed by atoms with Gasteiger partial charge in [0, 0.05) is 37.1 Å². The summed E-state index contributed by atoms with van der Waals surface area (Å²) >= 11 is 0. The third-order valence-electron chi connectivity index (χ3n) is 2.44. The maximum absolute atomic E-state index is 5.93. The maximum atomic E-state index is 5.93. The molecule has 0 fully saturated rings. The zero-order valence-electron chi connectivity index (χ0n) is 12.4. The first kappa shape index (κ1) is 14.7. The molecule has 0 aliphatic carbocycles. The van der Waals surface area contributed by atoms with Crippen LogP contribution < -0.4 is 15.4 Å². The SMILES string of the molecule is CC(C)Oc1cc(N)cc(N(C)CC(C)(C)C)c1. The second-order valence-electron chi connectivity index (χ2n) is 6.34. The zero-order valence-corrected chi connectivity index (χ0v) is 12.4. The van der Waals surface area contributed by atoms with Crippen molar-refractivity contribution in [3.8, 4) is 5.75 Å². The van der Waals surface area contributed by atoms with E-state index < -0.39 is 0 Å². The summed E-state index contributed by atoms with van der Waals surface area (Å²) in [7, 11) is 2.08. The fourth-order valence-corrected chi connectivity index (χ4v) is 1.97. The Morgan fingerprint density at radius 2 is 1.83 bits per heavy atom. The number of hydrogen-bond acceptors (Lipinski definition) is 3. The highest BCUT2D eigenvalue weighted by atomic mass is 16.5. The molecule has 0 spiro atoms. The van der Waals surface area contributed by atoms with Crippen molar-refractivity contribution in [1.82, 2.24) is 0 Å². The Morgan fingerprint density at radius 3 is 2.33 bits per heavy atom. The van der Waals surface area contributed by atoms with Gasteiger partial charge in [-0.15, -0.1) is 0 Å². The van der Waals surface area contributed by atoms with E-state index >= 15 is 0 Å². The van der Waals surface area contributed by atoms with E-state index in [4.69, 9.17) is 10.5 Å². The van der Waals surface area contributed by atoms with E-state index in [1.165, 1.54) is 0 Å². The van der Waals surface area contributed by atoms with Crippen molar-refractivity contribution in [1.29, 1.82) is 0 Å². The van der Waals surface area contributed by atoms with Crippen LogP contribution in [0.4, 0.5) is 11.4 Å². The lowest BCUT2D eigenvalue weighted by molar-refractivity contribution is 0.242. The molecule has 0 atom stereocenters. The van der Waals surface area contributed by atoms with Crippen LogP contribution in [0.3, 0.4) is 0 Å². The number of nitrogens with two attached hydrogens (primary N) is 1. The van der Waals surface area contributed by atoms with Crippen LogP contribution in [-0.2, 0) is 0 Å². The van der Waals surface area contributed by atoms with Crippen LogP contribution in [0.1, 0.15) is 34.6 Å². The van der Waals surface area contributed by atoms with Crippen LogP contribution in [0.15, 0.2) is 18.2 Å². The highest BCUT2D eigenvalue weighted by molar-refractivity contribution is 5.60. The summed E-state index contributed by atoms with van der Waals surface area (Å²) in [6, 6.07) is 5.90. The molecule has 0 radical (unpaired) electrons. The molecule has 18 heavy (non-hydrogen) atoms. The van der Waals surface area contributed by atoms with E-state index in [1.807, 2.05) is 32.0 Å². The number of benzene rings is 1. The van der Waals surface area contributed by atoms with Crippen LogP contribution in [0.2, 0.25) is 0 Å². The number of rotatable bonds is 4. The summed E-state index contributed by atoms with van der Waals surface area (Å²) in [5.41, 5.74) is 8.02. The minimum Gasteiger partial charge on any atom is -0.491 e. The van der Waals surface area contributed by atoms with E-state index in [9.17, 15) is 0 Å². The van der Waals surface area contributed by atoms with Crippen LogP contribution in [0.5, 0.6) is 5.75 Å². The zero-order chi connectivity index (χ0) is 13.9. The number of nitrogens with zero attached hydrogens (tertiary/aromatic N) is 1. The molecule has 0 amide bonds. The van der Waals surface area contributed by atoms with E-state index in [-0.39, 0.29) is 11.5 Å². The molecular weight excluding hydrogens is 224 g/mol. The quantitative estimate of drug-likeness (QED) is 0.831. The second kappa shape index (κ2) is 5.51. The van der Waals surface area contributed by atoms with Gasteiger partial charge in [0.05, 0.1) is 6.10 Å². The Labute approximate surface area is 111 Å². The molecule has 0 bridgehead atoms. The molecule has 1 aromatic rings. The molecule has 102 valence electrons. The molecule has 1 rings (SSSR count). The first-order valence-corrected chi connectivity index (χ1v) is 6.46. The van der Waals surface area contributed by atoms with Gasteiger partial charge in [0.1, 0.15) is 5.75 Å². The molecule has 0 unspecified atom stereocenters. The van der Waals surface area contributed by atoms with Gasteiger partial charge in [0.25, 0.3) is 0 Å². The average Bonchev–Trinajstić information content (AvgIpc) is 2.12. The van der Waals surface area contributed by atoms with Crippen LogP contribution in [0.25, 0.3) is 0 Å². The molecule has 0 aliphatic heterocycles. The minimum absolute atomic E-state index is 0.160. The molecule has 3 nitrogen and oxygen atoms in total. The van der Waals surface area contributed by atoms with E-state index in [0.717, 1.165) is 23.7 Å². The van der Waals surface area contributed by atoms with E-state index in [1.54, 1.807) is 0 Å². The Bertz CT molecular complexity index is 394. The van der Waals surface area contributed by atoms with Crippen molar-refractivity contribution in [2.75, 3.05) is 24.2 Å². The van der Waals surface area contributed by atoms with Crippen molar-refractivity contribution in [3.63, 3.8) is 0 Å². The normalized spacial score (nSPS) is 11.7. The summed E-state index contributed by atoms with van der Waals surface area (Å²) in [6.07, 6.45) is 0.160. The monoisotopic (exact) mass is 250 g/mol. The summed E-state index contributed by atoms with van der Waals surface area (Å²) in [4.78, 5) is 2.21. The largest absolute Gasteiger partial charge is 0.491 e. The highest BCUT2D eigenvalue weighted by Crippen LogP contribution is 2.27. The smallest absolute Gasteiger partial charge is 0.123 e. The summed E-state index contributed by atoms with van der Waals surface area (Å²) in [6.45, 7) is 11.7. The molecule has 0 heterocycles. The third kappa shape index (κ3) is 4.86. The maximum Gasteiger partial charge on any atom is 0.123 e. The van der Waals surface area contributed by atoms with Crippen molar-refractivity contribution in [3.05, 3.63) is 18.2 Å². The molecule has 0 saturated carbocycles. The summed E-state index contributed by atoms with van der Waals surface area (Å²) < 4.78 is 5.71. The number of nitrogen functional groups attached to an aromatic ring is 1. The Morgan fingerprint density at radius 1 is 1.22 bits per heavy atom. The fraction of sp³-hybridized carbons (Fsp3) is 0.600. The molecule has 0 saturated heterocycles. The standard InChI is InChI=1S/C15H26N2O/c1-11(2)18-14-8-12(16)7-13(9-14)17(6)10-15(3,4)5/h7-9,11H,10,16H2,1-6H3. The predicted molar refractivity (Wildman–Crippen MR) is 79.3 cm³/mol. The lowest BCUT2D eigenvalue weighted by Gasteiger charge is -2.29. The predicted octanol–water partition coefficient (Wildman–Crippen LogP) is 3.54. The lowest BCUT2D eigenvalue weighted by atomic mass is 9.96. The first-order valence-electron chi connectivity index (χ1n) is 6.46. The van der Waals surface area contributed by atoms with Gasteiger partial charge in [0.2, 0.25) is 0 Å². The number of anilines is 2. The van der Waals surface area contributed by atoms with Gasteiger partial charge < -0.3 is 15.4 Å². The molecule has 1 aromatic carbocycles. The molecular formula is C15H26N2O. The van der Waals surface area contributed by atoms with E-state index in [2.05, 4.69) is 32.7 Å². The van der Waals surface area contributed by atoms with Crippen molar-refractivity contribution in [2.24, 2.45) is 5.41 Å². The van der Waals surface area contributed by atoms with Gasteiger partial charge >= 0.3 is 0 Å². The van der Waals surface area contributed by atoms with Gasteiger partial charge in [-0.25, -0.2) is 0 Å². The Kier molecular flexibility index (Phi) is 4.49. The Hall–Kier alpha value is -1.38. The molecule has 0 aliphatic rings. The lowest BCUT2D eigenvalue weighted by Crippen LogP contribution is -2.29. The first-order chi connectivity index (χ1) is 8.17. The second-order valence-corrected chi connectivity index (χ2v) is 6.34. The number of hydrogen-bond donors (Lipinski definition) is 1. The van der Waals surface area contributed by atoms with E-state index in [0.29, 0.717) is 0 Å². The van der Waals surface area contributed by atoms with Gasteiger partial charge in [-0.3, -0.25) is 0 Å². The van der Waals surface area contributed by atoms with Gasteiger partial charge in [-0.05, 0) is 25.3 Å². The topological polar surface area (TPSA) is 38.5 Å². The number of ether oxygens (including phenoxy) is 1. The van der Waals surface area contributed by atoms with Crippen molar-refractivity contribution < 1.29 is 4.74 Å². The average molecular weight is 250 g/mol. The Balaban J connectivity index is 2.91. The van der Waals surface area contributed by atoms with Crippen LogP contribution >= 0.6 is 0 Å². The fourth-order valence-electron chi connectivity index (χ4n) is 1.97. The van der Waals surface area contributed by atoms with Crippen molar-refractivity contribution >= 4 is 11.4 Å². The molecule has 3 heteroatoms. The molecule has 2 N–H and O–H groups in total. The van der Waals surface area contributed by atoms with Crippen molar-refractivity contribution in [2.45, 2.75) is 40.7 Å².